The van der Waals surface area contributed by atoms with E-state index in [4.69, 9.17) is 14.9 Å². The van der Waals surface area contributed by atoms with Crippen LogP contribution >= 0.6 is 15.9 Å². The Morgan fingerprint density at radius 3 is 2.33 bits per heavy atom. The molecule has 1 aromatic heterocycles. The summed E-state index contributed by atoms with van der Waals surface area (Å²) in [4.78, 5) is 11.9. The number of hydrogen-bond donors (Lipinski definition) is 1. The molecule has 3 aromatic rings. The molecule has 2 aromatic carbocycles. The number of fused-ring (bicyclic) bond motifs is 1. The number of nitrogens with zero attached hydrogens (tertiary/aromatic N) is 2. The summed E-state index contributed by atoms with van der Waals surface area (Å²) in [6.07, 6.45) is 0. The molecule has 0 fully saturated rings. The molecule has 1 N–H and O–H groups in total. The predicted molar refractivity (Wildman–Crippen MR) is 102 cm³/mol. The predicted octanol–water partition coefficient (Wildman–Crippen LogP) is 0.331. The van der Waals surface area contributed by atoms with Gasteiger partial charge < -0.3 is 26.4 Å². The molecule has 0 aliphatic heterocycles. The van der Waals surface area contributed by atoms with Crippen molar-refractivity contribution in [2.45, 2.75) is 20.0 Å². The number of halogens is 2. The zero-order valence-electron chi connectivity index (χ0n) is 14.8. The second-order valence-electron chi connectivity index (χ2n) is 5.66. The molecule has 0 unspecified atom stereocenters. The lowest BCUT2D eigenvalue weighted by Gasteiger charge is -2.08. The summed E-state index contributed by atoms with van der Waals surface area (Å²) in [6, 6.07) is 15.3. The number of ether oxygens (including phenoxy) is 2. The van der Waals surface area contributed by atoms with Crippen LogP contribution in [0.5, 0.6) is 5.75 Å². The van der Waals surface area contributed by atoms with E-state index in [1.165, 1.54) is 0 Å². The molecule has 0 aliphatic carbocycles. The smallest absolute Gasteiger partial charge is 0.326 e. The van der Waals surface area contributed by atoms with Gasteiger partial charge in [0.05, 0.1) is 24.2 Å². The minimum atomic E-state index is -0.347. The summed E-state index contributed by atoms with van der Waals surface area (Å²) >= 11 is 3.40. The molecule has 8 heteroatoms. The monoisotopic (exact) mass is 452 g/mol. The van der Waals surface area contributed by atoms with Crippen molar-refractivity contribution in [3.8, 4) is 5.75 Å². The van der Waals surface area contributed by atoms with Gasteiger partial charge in [-0.25, -0.2) is 0 Å². The summed E-state index contributed by atoms with van der Waals surface area (Å²) in [5.74, 6) is 0.426. The van der Waals surface area contributed by atoms with Crippen molar-refractivity contribution >= 4 is 32.9 Å². The maximum Gasteiger partial charge on any atom is 0.326 e. The molecular weight excluding hydrogens is 434 g/mol. The summed E-state index contributed by atoms with van der Waals surface area (Å²) < 4.78 is 15.3. The van der Waals surface area contributed by atoms with Crippen molar-refractivity contribution in [2.75, 3.05) is 13.2 Å². The quantitative estimate of drug-likeness (QED) is 0.524. The van der Waals surface area contributed by atoms with Crippen LogP contribution in [0.1, 0.15) is 6.92 Å². The van der Waals surface area contributed by atoms with Crippen LogP contribution in [0.25, 0.3) is 11.0 Å². The van der Waals surface area contributed by atoms with E-state index in [9.17, 15) is 4.79 Å². The summed E-state index contributed by atoms with van der Waals surface area (Å²) in [7, 11) is 0. The molecule has 3 rings (SSSR count). The average molecular weight is 454 g/mol. The molecule has 0 amide bonds. The number of aromatic nitrogens is 2. The minimum Gasteiger partial charge on any atom is -1.00 e. The van der Waals surface area contributed by atoms with Gasteiger partial charge in [0.15, 0.2) is 0 Å². The van der Waals surface area contributed by atoms with Gasteiger partial charge in [-0.15, -0.1) is 0 Å². The third kappa shape index (κ3) is 4.93. The van der Waals surface area contributed by atoms with Gasteiger partial charge in [-0.3, -0.25) is 14.8 Å². The number of rotatable bonds is 7. The van der Waals surface area contributed by atoms with Gasteiger partial charge >= 0.3 is 5.97 Å². The highest BCUT2D eigenvalue weighted by Gasteiger charge is 2.13. The van der Waals surface area contributed by atoms with Crippen LogP contribution in [0.3, 0.4) is 0 Å². The Labute approximate surface area is 171 Å². The van der Waals surface area contributed by atoms with E-state index >= 15 is 0 Å². The maximum absolute atomic E-state index is 11.9. The fourth-order valence-corrected chi connectivity index (χ4v) is 3.07. The van der Waals surface area contributed by atoms with Crippen molar-refractivity contribution in [3.63, 3.8) is 0 Å². The van der Waals surface area contributed by atoms with Gasteiger partial charge in [0.2, 0.25) is 5.62 Å². The molecule has 0 aliphatic rings. The van der Waals surface area contributed by atoms with Crippen LogP contribution in [-0.4, -0.2) is 28.3 Å². The molecule has 1 heterocycles. The topological polar surface area (TPSA) is 69.2 Å². The Hall–Kier alpha value is -2.25. The largest absolute Gasteiger partial charge is 1.00 e. The Bertz CT molecular complexity index is 966. The number of imidazole rings is 1. The first-order chi connectivity index (χ1) is 12.6. The summed E-state index contributed by atoms with van der Waals surface area (Å²) in [6.45, 7) is 3.05. The Balaban J connectivity index is 0.00000261. The molecule has 27 heavy (non-hydrogen) atoms. The van der Waals surface area contributed by atoms with Gasteiger partial charge in [0.25, 0.3) is 0 Å². The third-order valence-corrected chi connectivity index (χ3v) is 4.49. The molecule has 6 nitrogen and oxygen atoms in total. The van der Waals surface area contributed by atoms with Crippen molar-refractivity contribution in [2.24, 2.45) is 0 Å². The maximum atomic E-state index is 11.9. The van der Waals surface area contributed by atoms with E-state index in [0.717, 1.165) is 21.3 Å². The summed E-state index contributed by atoms with van der Waals surface area (Å²) in [5, 5.41) is 8.47. The molecular formula is C19H20BrClN3O3-. The highest BCUT2D eigenvalue weighted by molar-refractivity contribution is 9.10. The number of benzene rings is 2. The SMILES string of the molecule is CCOC(=O)Cn1c(=N)n(CCOc2ccc(Br)cc2)c2ccccc21.[Cl-]. The second kappa shape index (κ2) is 9.62. The van der Waals surface area contributed by atoms with Gasteiger partial charge in [-0.05, 0) is 43.3 Å². The Morgan fingerprint density at radius 1 is 1.07 bits per heavy atom. The Kier molecular flexibility index (Phi) is 7.50. The number of carbonyl (C=O) groups excluding carboxylic acids is 1. The lowest BCUT2D eigenvalue weighted by molar-refractivity contribution is -0.143. The molecule has 0 radical (unpaired) electrons. The number of carbonyl (C=O) groups is 1. The number of nitrogens with one attached hydrogen (secondary N) is 1. The van der Waals surface area contributed by atoms with E-state index < -0.39 is 0 Å². The summed E-state index contributed by atoms with van der Waals surface area (Å²) in [5.41, 5.74) is 1.97. The van der Waals surface area contributed by atoms with E-state index in [-0.39, 0.29) is 30.5 Å². The fraction of sp³-hybridized carbons (Fsp3) is 0.263. The molecule has 144 valence electrons. The van der Waals surface area contributed by atoms with Crippen LogP contribution in [0.15, 0.2) is 53.0 Å². The van der Waals surface area contributed by atoms with Crippen molar-refractivity contribution in [3.05, 3.63) is 58.6 Å². The zero-order valence-corrected chi connectivity index (χ0v) is 17.2. The number of hydrogen-bond acceptors (Lipinski definition) is 4. The first-order valence-electron chi connectivity index (χ1n) is 8.36. The standard InChI is InChI=1S/C19H20BrN3O3.ClH/c1-2-25-18(24)13-23-17-6-4-3-5-16(17)22(19(23)21)11-12-26-15-9-7-14(20)8-10-15;/h3-10,21H,2,11-13H2,1H3;1H/p-1. The van der Waals surface area contributed by atoms with Gasteiger partial charge in [-0.2, -0.15) is 0 Å². The number of esters is 1. The molecule has 0 saturated carbocycles. The first kappa shape index (κ1) is 21.1. The van der Waals surface area contributed by atoms with Crippen molar-refractivity contribution < 1.29 is 26.7 Å². The lowest BCUT2D eigenvalue weighted by atomic mass is 10.3. The lowest BCUT2D eigenvalue weighted by Crippen LogP contribution is -3.00. The van der Waals surface area contributed by atoms with Crippen LogP contribution in [0.2, 0.25) is 0 Å². The van der Waals surface area contributed by atoms with E-state index in [2.05, 4.69) is 15.9 Å². The van der Waals surface area contributed by atoms with Crippen LogP contribution in [0, 0.1) is 5.41 Å². The molecule has 0 bridgehead atoms. The van der Waals surface area contributed by atoms with E-state index in [1.54, 1.807) is 11.5 Å². The molecule has 0 saturated heterocycles. The van der Waals surface area contributed by atoms with Crippen molar-refractivity contribution in [1.82, 2.24) is 9.13 Å². The second-order valence-corrected chi connectivity index (χ2v) is 6.57. The average Bonchev–Trinajstić information content (AvgIpc) is 2.89. The first-order valence-corrected chi connectivity index (χ1v) is 9.16. The van der Waals surface area contributed by atoms with E-state index in [0.29, 0.717) is 19.8 Å². The van der Waals surface area contributed by atoms with Crippen LogP contribution < -0.4 is 22.8 Å². The van der Waals surface area contributed by atoms with Gasteiger partial charge in [0, 0.05) is 4.47 Å². The highest BCUT2D eigenvalue weighted by Crippen LogP contribution is 2.17. The number of para-hydroxylation sites is 2. The third-order valence-electron chi connectivity index (χ3n) is 3.96. The van der Waals surface area contributed by atoms with Crippen LogP contribution in [-0.2, 0) is 22.6 Å². The fourth-order valence-electron chi connectivity index (χ4n) is 2.80. The Morgan fingerprint density at radius 2 is 1.70 bits per heavy atom. The van der Waals surface area contributed by atoms with E-state index in [1.807, 2.05) is 53.1 Å². The normalized spacial score (nSPS) is 10.4. The zero-order chi connectivity index (χ0) is 18.5. The molecule has 0 atom stereocenters. The molecule has 0 spiro atoms. The van der Waals surface area contributed by atoms with Gasteiger partial charge in [-0.1, -0.05) is 28.1 Å². The minimum absolute atomic E-state index is 0. The van der Waals surface area contributed by atoms with Gasteiger partial charge in [0.1, 0.15) is 18.9 Å². The highest BCUT2D eigenvalue weighted by atomic mass is 79.9. The van der Waals surface area contributed by atoms with Crippen molar-refractivity contribution in [1.29, 1.82) is 5.41 Å². The van der Waals surface area contributed by atoms with Crippen LogP contribution in [0.4, 0.5) is 0 Å².